The minimum absolute atomic E-state index is 0.206. The van der Waals surface area contributed by atoms with E-state index < -0.39 is 0 Å². The fourth-order valence-corrected chi connectivity index (χ4v) is 2.88. The van der Waals surface area contributed by atoms with Crippen molar-refractivity contribution in [3.8, 4) is 0 Å². The predicted octanol–water partition coefficient (Wildman–Crippen LogP) is 3.16. The van der Waals surface area contributed by atoms with Crippen LogP contribution in [0.2, 0.25) is 0 Å². The summed E-state index contributed by atoms with van der Waals surface area (Å²) in [6.07, 6.45) is 3.85. The van der Waals surface area contributed by atoms with E-state index in [2.05, 4.69) is 40.2 Å². The van der Waals surface area contributed by atoms with Gasteiger partial charge in [-0.15, -0.1) is 0 Å². The highest BCUT2D eigenvalue weighted by molar-refractivity contribution is 9.10. The van der Waals surface area contributed by atoms with Gasteiger partial charge in [-0.25, -0.2) is 4.39 Å². The van der Waals surface area contributed by atoms with Crippen LogP contribution in [0.4, 0.5) is 4.39 Å². The zero-order valence-corrected chi connectivity index (χ0v) is 12.6. The van der Waals surface area contributed by atoms with Crippen LogP contribution in [-0.4, -0.2) is 31.1 Å². The Bertz CT molecular complexity index is 416. The van der Waals surface area contributed by atoms with Crippen LogP contribution < -0.4 is 5.32 Å². The van der Waals surface area contributed by atoms with Gasteiger partial charge in [0.05, 0.1) is 4.47 Å². The monoisotopic (exact) mass is 314 g/mol. The number of halogens is 2. The second kappa shape index (κ2) is 5.68. The minimum Gasteiger partial charge on any atom is -0.311 e. The Morgan fingerprint density at radius 1 is 1.39 bits per heavy atom. The molecule has 1 N–H and O–H groups in total. The van der Waals surface area contributed by atoms with Crippen LogP contribution in [0.1, 0.15) is 24.8 Å². The molecule has 100 valence electrons. The first-order chi connectivity index (χ1) is 8.53. The van der Waals surface area contributed by atoms with E-state index in [0.717, 1.165) is 18.7 Å². The Labute approximate surface area is 117 Å². The van der Waals surface area contributed by atoms with Crippen LogP contribution in [0.3, 0.4) is 0 Å². The van der Waals surface area contributed by atoms with E-state index in [-0.39, 0.29) is 5.82 Å². The summed E-state index contributed by atoms with van der Waals surface area (Å²) < 4.78 is 13.6. The van der Waals surface area contributed by atoms with E-state index >= 15 is 0 Å². The van der Waals surface area contributed by atoms with Gasteiger partial charge in [0.2, 0.25) is 0 Å². The van der Waals surface area contributed by atoms with Crippen LogP contribution in [0.5, 0.6) is 0 Å². The fourth-order valence-electron chi connectivity index (χ4n) is 2.46. The number of hydrogen-bond donors (Lipinski definition) is 1. The van der Waals surface area contributed by atoms with Gasteiger partial charge in [-0.3, -0.25) is 0 Å². The Morgan fingerprint density at radius 3 is 2.61 bits per heavy atom. The quantitative estimate of drug-likeness (QED) is 0.898. The molecular weight excluding hydrogens is 295 g/mol. The molecule has 0 aromatic heterocycles. The van der Waals surface area contributed by atoms with E-state index in [1.54, 1.807) is 0 Å². The summed E-state index contributed by atoms with van der Waals surface area (Å²) >= 11 is 3.21. The van der Waals surface area contributed by atoms with Crippen LogP contribution in [0, 0.1) is 5.82 Å². The lowest BCUT2D eigenvalue weighted by atomic mass is 9.75. The molecule has 0 spiro atoms. The lowest BCUT2D eigenvalue weighted by Gasteiger charge is -2.47. The molecular formula is C14H20BrFN2. The first-order valence-corrected chi connectivity index (χ1v) is 7.15. The molecule has 0 saturated heterocycles. The lowest BCUT2D eigenvalue weighted by molar-refractivity contribution is 0.0598. The SMILES string of the molecule is CN(C)C1(CNCc2ccc(F)c(Br)c2)CCC1. The third kappa shape index (κ3) is 2.92. The second-order valence-electron chi connectivity index (χ2n) is 5.32. The molecule has 1 aromatic carbocycles. The molecule has 4 heteroatoms. The summed E-state index contributed by atoms with van der Waals surface area (Å²) in [5.74, 6) is -0.206. The van der Waals surface area contributed by atoms with E-state index in [0.29, 0.717) is 10.0 Å². The van der Waals surface area contributed by atoms with Gasteiger partial charge in [-0.2, -0.15) is 0 Å². The Morgan fingerprint density at radius 2 is 2.11 bits per heavy atom. The van der Waals surface area contributed by atoms with Gasteiger partial charge in [0, 0.05) is 18.6 Å². The first-order valence-electron chi connectivity index (χ1n) is 6.36. The van der Waals surface area contributed by atoms with Gasteiger partial charge in [0.15, 0.2) is 0 Å². The van der Waals surface area contributed by atoms with Gasteiger partial charge in [-0.1, -0.05) is 6.07 Å². The molecule has 1 saturated carbocycles. The summed E-state index contributed by atoms with van der Waals surface area (Å²) in [6, 6.07) is 5.17. The number of nitrogens with one attached hydrogen (secondary N) is 1. The van der Waals surface area contributed by atoms with Gasteiger partial charge in [-0.05, 0) is 67.0 Å². The van der Waals surface area contributed by atoms with Crippen molar-refractivity contribution in [2.45, 2.75) is 31.3 Å². The van der Waals surface area contributed by atoms with Crippen molar-refractivity contribution >= 4 is 15.9 Å². The summed E-state index contributed by atoms with van der Waals surface area (Å²) in [5, 5.41) is 3.49. The first kappa shape index (κ1) is 14.0. The van der Waals surface area contributed by atoms with Crippen molar-refractivity contribution in [2.24, 2.45) is 0 Å². The van der Waals surface area contributed by atoms with Gasteiger partial charge >= 0.3 is 0 Å². The smallest absolute Gasteiger partial charge is 0.137 e. The summed E-state index contributed by atoms with van der Waals surface area (Å²) in [6.45, 7) is 1.78. The lowest BCUT2D eigenvalue weighted by Crippen LogP contribution is -2.56. The van der Waals surface area contributed by atoms with Crippen LogP contribution in [-0.2, 0) is 6.54 Å². The molecule has 0 heterocycles. The average Bonchev–Trinajstić information content (AvgIpc) is 2.26. The highest BCUT2D eigenvalue weighted by atomic mass is 79.9. The third-order valence-corrected chi connectivity index (χ3v) is 4.61. The minimum atomic E-state index is -0.206. The summed E-state index contributed by atoms with van der Waals surface area (Å²) in [7, 11) is 4.30. The molecule has 18 heavy (non-hydrogen) atoms. The summed E-state index contributed by atoms with van der Waals surface area (Å²) in [4.78, 5) is 2.32. The number of likely N-dealkylation sites (N-methyl/N-ethyl adjacent to an activating group) is 1. The summed E-state index contributed by atoms with van der Waals surface area (Å²) in [5.41, 5.74) is 1.44. The molecule has 0 unspecified atom stereocenters. The van der Waals surface area contributed by atoms with Crippen LogP contribution in [0.15, 0.2) is 22.7 Å². The largest absolute Gasteiger partial charge is 0.311 e. The molecule has 1 aromatic rings. The Balaban J connectivity index is 1.86. The molecule has 1 aliphatic rings. The maximum Gasteiger partial charge on any atom is 0.137 e. The third-order valence-electron chi connectivity index (χ3n) is 4.00. The number of hydrogen-bond acceptors (Lipinski definition) is 2. The molecule has 0 bridgehead atoms. The zero-order valence-electron chi connectivity index (χ0n) is 11.0. The number of nitrogens with zero attached hydrogens (tertiary/aromatic N) is 1. The highest BCUT2D eigenvalue weighted by Gasteiger charge is 2.38. The second-order valence-corrected chi connectivity index (χ2v) is 6.18. The fraction of sp³-hybridized carbons (Fsp3) is 0.571. The molecule has 0 amide bonds. The average molecular weight is 315 g/mol. The standard InChI is InChI=1S/C14H20BrFN2/c1-18(2)14(6-3-7-14)10-17-9-11-4-5-13(16)12(15)8-11/h4-5,8,17H,3,6-7,9-10H2,1-2H3. The van der Waals surface area contributed by atoms with Gasteiger partial charge in [0.25, 0.3) is 0 Å². The van der Waals surface area contributed by atoms with Gasteiger partial charge in [0.1, 0.15) is 5.82 Å². The van der Waals surface area contributed by atoms with Crippen molar-refractivity contribution in [3.05, 3.63) is 34.1 Å². The maximum absolute atomic E-state index is 13.1. The van der Waals surface area contributed by atoms with E-state index in [1.165, 1.54) is 25.3 Å². The molecule has 0 atom stereocenters. The van der Waals surface area contributed by atoms with Crippen molar-refractivity contribution in [1.82, 2.24) is 10.2 Å². The zero-order chi connectivity index (χ0) is 13.2. The van der Waals surface area contributed by atoms with Crippen molar-refractivity contribution in [1.29, 1.82) is 0 Å². The molecule has 0 radical (unpaired) electrons. The van der Waals surface area contributed by atoms with E-state index in [9.17, 15) is 4.39 Å². The Hall–Kier alpha value is -0.450. The molecule has 1 aliphatic carbocycles. The predicted molar refractivity (Wildman–Crippen MR) is 76.1 cm³/mol. The van der Waals surface area contributed by atoms with Crippen molar-refractivity contribution in [3.63, 3.8) is 0 Å². The van der Waals surface area contributed by atoms with Crippen LogP contribution in [0.25, 0.3) is 0 Å². The number of rotatable bonds is 5. The van der Waals surface area contributed by atoms with E-state index in [4.69, 9.17) is 0 Å². The molecule has 0 aliphatic heterocycles. The van der Waals surface area contributed by atoms with Crippen molar-refractivity contribution in [2.75, 3.05) is 20.6 Å². The van der Waals surface area contributed by atoms with Crippen LogP contribution >= 0.6 is 15.9 Å². The normalized spacial score (nSPS) is 17.8. The highest BCUT2D eigenvalue weighted by Crippen LogP contribution is 2.35. The molecule has 1 fully saturated rings. The van der Waals surface area contributed by atoms with E-state index in [1.807, 2.05) is 12.1 Å². The van der Waals surface area contributed by atoms with Crippen molar-refractivity contribution < 1.29 is 4.39 Å². The molecule has 2 nitrogen and oxygen atoms in total. The maximum atomic E-state index is 13.1. The van der Waals surface area contributed by atoms with Gasteiger partial charge < -0.3 is 10.2 Å². The molecule has 2 rings (SSSR count). The Kier molecular flexibility index (Phi) is 4.41. The number of benzene rings is 1. The topological polar surface area (TPSA) is 15.3 Å².